The van der Waals surface area contributed by atoms with Gasteiger partial charge < -0.3 is 9.47 Å². The van der Waals surface area contributed by atoms with Gasteiger partial charge in [0.1, 0.15) is 6.10 Å². The third-order valence-corrected chi connectivity index (χ3v) is 13.2. The van der Waals surface area contributed by atoms with Crippen molar-refractivity contribution >= 4 is 23.5 Å². The molecule has 0 amide bonds. The highest BCUT2D eigenvalue weighted by molar-refractivity contribution is 6.11. The van der Waals surface area contributed by atoms with E-state index in [0.717, 1.165) is 43.3 Å². The predicted octanol–water partition coefficient (Wildman–Crippen LogP) is 6.39. The van der Waals surface area contributed by atoms with Gasteiger partial charge in [0, 0.05) is 47.2 Å². The Bertz CT molecular complexity index is 1180. The molecule has 0 aromatic heterocycles. The molecule has 6 heteroatoms. The van der Waals surface area contributed by atoms with Crippen LogP contribution in [0.5, 0.6) is 0 Å². The second kappa shape index (κ2) is 8.52. The standard InChI is InChI=1S/C33H48O6/c1-19(34)39-24-10-11-31(6)22(28(24,2)3)16-20(35)26-25(31)21(36)17-33(8)23-18-30(5,27(37)38-9)13-12-29(23,4)14-15-32(26,33)7/h22-24H,10-18H2,1-9H3/t22-,23+,24-,29+,30+,31-,32+,33-/m0/s1. The largest absolute Gasteiger partial charge is 0.469 e. The second-order valence-electron chi connectivity index (χ2n) is 15.6. The van der Waals surface area contributed by atoms with E-state index in [4.69, 9.17) is 9.47 Å². The lowest BCUT2D eigenvalue weighted by atomic mass is 9.35. The average Bonchev–Trinajstić information content (AvgIpc) is 2.84. The number of ketones is 2. The fourth-order valence-corrected chi connectivity index (χ4v) is 10.6. The minimum atomic E-state index is -0.579. The van der Waals surface area contributed by atoms with Crippen molar-refractivity contribution in [3.8, 4) is 0 Å². The number of ether oxygens (including phenoxy) is 2. The van der Waals surface area contributed by atoms with E-state index in [2.05, 4.69) is 41.5 Å². The molecule has 3 saturated carbocycles. The highest BCUT2D eigenvalue weighted by atomic mass is 16.5. The van der Waals surface area contributed by atoms with Gasteiger partial charge in [-0.2, -0.15) is 0 Å². The summed E-state index contributed by atoms with van der Waals surface area (Å²) in [5, 5.41) is 0. The molecule has 6 nitrogen and oxygen atoms in total. The zero-order chi connectivity index (χ0) is 29.0. The maximum Gasteiger partial charge on any atom is 0.311 e. The average molecular weight is 541 g/mol. The molecule has 0 spiro atoms. The van der Waals surface area contributed by atoms with Gasteiger partial charge in [-0.05, 0) is 74.5 Å². The summed E-state index contributed by atoms with van der Waals surface area (Å²) in [4.78, 5) is 53.6. The summed E-state index contributed by atoms with van der Waals surface area (Å²) in [6.07, 6.45) is 6.19. The number of fused-ring (bicyclic) bond motifs is 6. The summed E-state index contributed by atoms with van der Waals surface area (Å²) in [5.74, 6) is -0.194. The van der Waals surface area contributed by atoms with Crippen molar-refractivity contribution in [3.05, 3.63) is 11.1 Å². The van der Waals surface area contributed by atoms with Crippen molar-refractivity contribution < 1.29 is 28.7 Å². The van der Waals surface area contributed by atoms with E-state index < -0.39 is 27.1 Å². The van der Waals surface area contributed by atoms with Crippen LogP contribution in [0.3, 0.4) is 0 Å². The van der Waals surface area contributed by atoms with Gasteiger partial charge in [-0.1, -0.05) is 41.5 Å². The van der Waals surface area contributed by atoms with Crippen LogP contribution < -0.4 is 0 Å². The first-order chi connectivity index (χ1) is 17.9. The molecule has 5 aliphatic carbocycles. The molecule has 8 atom stereocenters. The molecule has 0 unspecified atom stereocenters. The Morgan fingerprint density at radius 2 is 1.46 bits per heavy atom. The van der Waals surface area contributed by atoms with E-state index in [-0.39, 0.29) is 46.9 Å². The lowest BCUT2D eigenvalue weighted by Gasteiger charge is -2.68. The van der Waals surface area contributed by atoms with Crippen molar-refractivity contribution in [3.63, 3.8) is 0 Å². The Hall–Kier alpha value is -1.98. The smallest absolute Gasteiger partial charge is 0.311 e. The van der Waals surface area contributed by atoms with Crippen LogP contribution >= 0.6 is 0 Å². The van der Waals surface area contributed by atoms with E-state index in [0.29, 0.717) is 25.7 Å². The number of carbonyl (C=O) groups is 4. The monoisotopic (exact) mass is 540 g/mol. The summed E-state index contributed by atoms with van der Waals surface area (Å²) in [7, 11) is 1.46. The Morgan fingerprint density at radius 3 is 2.08 bits per heavy atom. The van der Waals surface area contributed by atoms with Gasteiger partial charge in [-0.25, -0.2) is 0 Å². The Kier molecular flexibility index (Phi) is 6.23. The van der Waals surface area contributed by atoms with E-state index in [9.17, 15) is 19.2 Å². The maximum absolute atomic E-state index is 14.4. The first-order valence-corrected chi connectivity index (χ1v) is 15.0. The molecule has 0 N–H and O–H groups in total. The number of Topliss-reactive ketones (excluding diaryl/α,β-unsaturated/α-hetero) is 2. The first-order valence-electron chi connectivity index (χ1n) is 15.0. The van der Waals surface area contributed by atoms with Gasteiger partial charge in [0.15, 0.2) is 11.6 Å². The Balaban J connectivity index is 1.63. The number of hydrogen-bond acceptors (Lipinski definition) is 6. The molecule has 5 aliphatic rings. The highest BCUT2D eigenvalue weighted by Gasteiger charge is 2.70. The summed E-state index contributed by atoms with van der Waals surface area (Å²) in [6.45, 7) is 16.7. The summed E-state index contributed by atoms with van der Waals surface area (Å²) in [6, 6.07) is 0. The molecule has 39 heavy (non-hydrogen) atoms. The van der Waals surface area contributed by atoms with Crippen LogP contribution in [0.4, 0.5) is 0 Å². The minimum absolute atomic E-state index is 0.0222. The molecule has 3 fully saturated rings. The summed E-state index contributed by atoms with van der Waals surface area (Å²) >= 11 is 0. The number of allylic oxidation sites excluding steroid dienone is 2. The van der Waals surface area contributed by atoms with Crippen LogP contribution in [0.1, 0.15) is 113 Å². The van der Waals surface area contributed by atoms with Crippen LogP contribution in [0.15, 0.2) is 11.1 Å². The molecule has 5 rings (SSSR count). The topological polar surface area (TPSA) is 86.7 Å². The maximum atomic E-state index is 14.4. The predicted molar refractivity (Wildman–Crippen MR) is 147 cm³/mol. The Labute approximate surface area is 234 Å². The number of esters is 2. The summed E-state index contributed by atoms with van der Waals surface area (Å²) in [5.41, 5.74) is -0.711. The zero-order valence-corrected chi connectivity index (χ0v) is 25.5. The van der Waals surface area contributed by atoms with Crippen molar-refractivity contribution in [2.45, 2.75) is 119 Å². The fourth-order valence-electron chi connectivity index (χ4n) is 10.6. The quantitative estimate of drug-likeness (QED) is 0.377. The second-order valence-corrected chi connectivity index (χ2v) is 15.6. The normalized spacial score (nSPS) is 46.8. The van der Waals surface area contributed by atoms with Crippen LogP contribution in [-0.2, 0) is 28.7 Å². The van der Waals surface area contributed by atoms with E-state index >= 15 is 0 Å². The van der Waals surface area contributed by atoms with Crippen molar-refractivity contribution in [2.24, 2.45) is 44.3 Å². The zero-order valence-electron chi connectivity index (χ0n) is 25.5. The molecule has 0 aromatic rings. The van der Waals surface area contributed by atoms with Gasteiger partial charge in [-0.15, -0.1) is 0 Å². The third kappa shape index (κ3) is 3.64. The number of carbonyl (C=O) groups excluding carboxylic acids is 4. The highest BCUT2D eigenvalue weighted by Crippen LogP contribution is 2.74. The van der Waals surface area contributed by atoms with Gasteiger partial charge in [0.25, 0.3) is 0 Å². The summed E-state index contributed by atoms with van der Waals surface area (Å²) < 4.78 is 11.0. The number of hydrogen-bond donors (Lipinski definition) is 0. The van der Waals surface area contributed by atoms with Crippen molar-refractivity contribution in [2.75, 3.05) is 7.11 Å². The molecule has 0 heterocycles. The van der Waals surface area contributed by atoms with E-state index in [1.165, 1.54) is 14.0 Å². The Morgan fingerprint density at radius 1 is 0.821 bits per heavy atom. The molecule has 0 aromatic carbocycles. The van der Waals surface area contributed by atoms with Gasteiger partial charge in [0.2, 0.25) is 0 Å². The van der Waals surface area contributed by atoms with Crippen LogP contribution in [0.2, 0.25) is 0 Å². The van der Waals surface area contributed by atoms with E-state index in [1.54, 1.807) is 0 Å². The van der Waals surface area contributed by atoms with Crippen LogP contribution in [-0.4, -0.2) is 36.7 Å². The molecular formula is C33H48O6. The fraction of sp³-hybridized carbons (Fsp3) is 0.818. The van der Waals surface area contributed by atoms with Gasteiger partial charge in [-0.3, -0.25) is 19.2 Å². The number of methoxy groups -OCH3 is 1. The molecule has 216 valence electrons. The third-order valence-electron chi connectivity index (χ3n) is 13.2. The van der Waals surface area contributed by atoms with Crippen LogP contribution in [0.25, 0.3) is 0 Å². The first kappa shape index (κ1) is 28.5. The van der Waals surface area contributed by atoms with Gasteiger partial charge >= 0.3 is 11.9 Å². The minimum Gasteiger partial charge on any atom is -0.469 e. The molecule has 0 saturated heterocycles. The van der Waals surface area contributed by atoms with Crippen molar-refractivity contribution in [1.29, 1.82) is 0 Å². The van der Waals surface area contributed by atoms with Gasteiger partial charge in [0.05, 0.1) is 12.5 Å². The molecule has 0 radical (unpaired) electrons. The molecular weight excluding hydrogens is 492 g/mol. The SMILES string of the molecule is COC(=O)[C@]1(C)CC[C@]2(C)CC[C@]3(C)C4=C(C(=O)C[C@@]3(C)[C@@H]2C1)[C@@]1(C)CC[C@H](OC(C)=O)C(C)(C)[C@@H]1CC4=O. The van der Waals surface area contributed by atoms with Crippen LogP contribution in [0, 0.1) is 44.3 Å². The van der Waals surface area contributed by atoms with E-state index in [1.807, 2.05) is 6.92 Å². The number of rotatable bonds is 2. The molecule has 0 aliphatic heterocycles. The lowest BCUT2D eigenvalue weighted by molar-refractivity contribution is -0.182. The lowest BCUT2D eigenvalue weighted by Crippen LogP contribution is -2.64. The van der Waals surface area contributed by atoms with Crippen molar-refractivity contribution in [1.82, 2.24) is 0 Å². The molecule has 0 bridgehead atoms.